The minimum absolute atomic E-state index is 0.0126. The Morgan fingerprint density at radius 2 is 1.68 bits per heavy atom. The van der Waals surface area contributed by atoms with Gasteiger partial charge in [-0.25, -0.2) is 4.98 Å². The zero-order valence-corrected chi connectivity index (χ0v) is 16.0. The number of ether oxygens (including phenoxy) is 1. The molecule has 6 nitrogen and oxygen atoms in total. The smallest absolute Gasteiger partial charge is 0.119 e. The first-order chi connectivity index (χ1) is 13.8. The molecule has 0 spiro atoms. The van der Waals surface area contributed by atoms with Crippen molar-refractivity contribution in [2.75, 3.05) is 0 Å². The summed E-state index contributed by atoms with van der Waals surface area (Å²) in [5, 5.41) is 9.03. The van der Waals surface area contributed by atoms with Crippen LogP contribution in [0.15, 0.2) is 79.6 Å². The van der Waals surface area contributed by atoms with Gasteiger partial charge in [0, 0.05) is 17.4 Å². The van der Waals surface area contributed by atoms with Gasteiger partial charge in [-0.15, -0.1) is 0 Å². The molecule has 1 unspecified atom stereocenters. The van der Waals surface area contributed by atoms with Gasteiger partial charge in [0.15, 0.2) is 0 Å². The number of rotatable bonds is 8. The summed E-state index contributed by atoms with van der Waals surface area (Å²) in [6.45, 7) is 0.732. The van der Waals surface area contributed by atoms with Crippen LogP contribution in [0.5, 0.6) is 5.75 Å². The van der Waals surface area contributed by atoms with Crippen molar-refractivity contribution >= 4 is 11.6 Å². The number of halogens is 1. The molecule has 0 aliphatic carbocycles. The molecular formula is C21H20ClN5O. The van der Waals surface area contributed by atoms with Crippen LogP contribution in [0.4, 0.5) is 0 Å². The Morgan fingerprint density at radius 3 is 2.36 bits per heavy atom. The number of hydrogen-bond donors (Lipinski definition) is 0. The molecule has 2 heterocycles. The average Bonchev–Trinajstić information content (AvgIpc) is 3.42. The van der Waals surface area contributed by atoms with E-state index in [1.54, 1.807) is 23.4 Å². The molecule has 0 amide bonds. The minimum atomic E-state index is 0.0126. The Kier molecular flexibility index (Phi) is 5.68. The number of imidazole rings is 1. The Labute approximate surface area is 168 Å². The molecule has 1 atom stereocenters. The molecule has 0 aliphatic heterocycles. The van der Waals surface area contributed by atoms with Gasteiger partial charge in [0.05, 0.1) is 31.0 Å². The predicted octanol–water partition coefficient (Wildman–Crippen LogP) is 4.20. The Hall–Kier alpha value is -3.12. The van der Waals surface area contributed by atoms with Gasteiger partial charge in [0.25, 0.3) is 0 Å². The van der Waals surface area contributed by atoms with E-state index in [0.717, 1.165) is 35.8 Å². The second kappa shape index (κ2) is 8.71. The van der Waals surface area contributed by atoms with Gasteiger partial charge < -0.3 is 9.30 Å². The van der Waals surface area contributed by atoms with E-state index in [2.05, 4.69) is 27.3 Å². The standard InChI is InChI=1S/C21H20ClN5O/c22-18-4-1-17(2-5-18)3-8-21(15-26-14-13-23-16-26)28-20-9-6-19(7-10-20)27-24-11-12-25-27/h1-2,4-7,9-14,16,21H,3,8,15H2. The van der Waals surface area contributed by atoms with E-state index in [9.17, 15) is 0 Å². The van der Waals surface area contributed by atoms with Crippen molar-refractivity contribution in [1.29, 1.82) is 0 Å². The first kappa shape index (κ1) is 18.3. The maximum Gasteiger partial charge on any atom is 0.119 e. The summed E-state index contributed by atoms with van der Waals surface area (Å²) in [7, 11) is 0. The van der Waals surface area contributed by atoms with Gasteiger partial charge in [0.2, 0.25) is 0 Å². The molecule has 142 valence electrons. The lowest BCUT2D eigenvalue weighted by atomic mass is 10.1. The second-order valence-electron chi connectivity index (χ2n) is 6.48. The van der Waals surface area contributed by atoms with Crippen molar-refractivity contribution in [1.82, 2.24) is 24.5 Å². The van der Waals surface area contributed by atoms with Gasteiger partial charge in [-0.05, 0) is 54.8 Å². The largest absolute Gasteiger partial charge is 0.489 e. The van der Waals surface area contributed by atoms with Crippen molar-refractivity contribution < 1.29 is 4.74 Å². The highest BCUT2D eigenvalue weighted by atomic mass is 35.5. The van der Waals surface area contributed by atoms with Crippen LogP contribution in [-0.2, 0) is 13.0 Å². The maximum atomic E-state index is 6.28. The topological polar surface area (TPSA) is 57.8 Å². The molecule has 0 aliphatic rings. The number of aromatic nitrogens is 5. The van der Waals surface area contributed by atoms with Crippen molar-refractivity contribution in [2.45, 2.75) is 25.5 Å². The second-order valence-corrected chi connectivity index (χ2v) is 6.91. The molecule has 2 aromatic heterocycles. The lowest BCUT2D eigenvalue weighted by Crippen LogP contribution is -2.23. The van der Waals surface area contributed by atoms with Gasteiger partial charge >= 0.3 is 0 Å². The number of benzene rings is 2. The fourth-order valence-electron chi connectivity index (χ4n) is 3.00. The van der Waals surface area contributed by atoms with Crippen molar-refractivity contribution in [3.8, 4) is 11.4 Å². The molecule has 2 aromatic carbocycles. The SMILES string of the molecule is Clc1ccc(CCC(Cn2ccnc2)Oc2ccc(-n3nccn3)cc2)cc1. The van der Waals surface area contributed by atoms with Crippen molar-refractivity contribution in [2.24, 2.45) is 0 Å². The van der Waals surface area contributed by atoms with Crippen molar-refractivity contribution in [3.05, 3.63) is 90.2 Å². The zero-order valence-electron chi connectivity index (χ0n) is 15.2. The molecule has 0 fully saturated rings. The third-order valence-corrected chi connectivity index (χ3v) is 4.68. The van der Waals surface area contributed by atoms with Crippen LogP contribution in [0.1, 0.15) is 12.0 Å². The highest BCUT2D eigenvalue weighted by molar-refractivity contribution is 6.30. The molecule has 0 bridgehead atoms. The Balaban J connectivity index is 1.44. The average molecular weight is 394 g/mol. The van der Waals surface area contributed by atoms with Crippen LogP contribution < -0.4 is 4.74 Å². The molecule has 0 N–H and O–H groups in total. The van der Waals surface area contributed by atoms with Crippen LogP contribution in [0.2, 0.25) is 5.02 Å². The van der Waals surface area contributed by atoms with Crippen LogP contribution in [0.3, 0.4) is 0 Å². The summed E-state index contributed by atoms with van der Waals surface area (Å²) in [6.07, 6.45) is 10.6. The van der Waals surface area contributed by atoms with Crippen LogP contribution in [-0.4, -0.2) is 30.6 Å². The Morgan fingerprint density at radius 1 is 0.929 bits per heavy atom. The number of aryl methyl sites for hydroxylation is 1. The van der Waals surface area contributed by atoms with Gasteiger partial charge in [-0.1, -0.05) is 23.7 Å². The summed E-state index contributed by atoms with van der Waals surface area (Å²) in [5.41, 5.74) is 2.13. The Bertz CT molecular complexity index is 967. The lowest BCUT2D eigenvalue weighted by Gasteiger charge is -2.20. The maximum absolute atomic E-state index is 6.28. The van der Waals surface area contributed by atoms with Gasteiger partial charge in [-0.2, -0.15) is 15.0 Å². The van der Waals surface area contributed by atoms with Crippen LogP contribution >= 0.6 is 11.6 Å². The summed E-state index contributed by atoms with van der Waals surface area (Å²) in [6, 6.07) is 15.7. The summed E-state index contributed by atoms with van der Waals surface area (Å²) in [4.78, 5) is 5.70. The van der Waals surface area contributed by atoms with E-state index >= 15 is 0 Å². The molecule has 28 heavy (non-hydrogen) atoms. The third kappa shape index (κ3) is 4.78. The normalized spacial score (nSPS) is 12.0. The monoisotopic (exact) mass is 393 g/mol. The summed E-state index contributed by atoms with van der Waals surface area (Å²) < 4.78 is 8.32. The molecule has 0 radical (unpaired) electrons. The quantitative estimate of drug-likeness (QED) is 0.450. The van der Waals surface area contributed by atoms with E-state index in [0.29, 0.717) is 0 Å². The highest BCUT2D eigenvalue weighted by Crippen LogP contribution is 2.19. The number of nitrogens with zero attached hydrogens (tertiary/aromatic N) is 5. The fourth-order valence-corrected chi connectivity index (χ4v) is 3.12. The molecule has 0 saturated heterocycles. The molecule has 7 heteroatoms. The summed E-state index contributed by atoms with van der Waals surface area (Å²) in [5.74, 6) is 0.817. The minimum Gasteiger partial charge on any atom is -0.489 e. The van der Waals surface area contributed by atoms with E-state index in [4.69, 9.17) is 16.3 Å². The van der Waals surface area contributed by atoms with E-state index < -0.39 is 0 Å². The fraction of sp³-hybridized carbons (Fsp3) is 0.190. The van der Waals surface area contributed by atoms with E-state index in [1.165, 1.54) is 5.56 Å². The molecule has 4 rings (SSSR count). The first-order valence-corrected chi connectivity index (χ1v) is 9.48. The van der Waals surface area contributed by atoms with Crippen molar-refractivity contribution in [3.63, 3.8) is 0 Å². The highest BCUT2D eigenvalue weighted by Gasteiger charge is 2.13. The van der Waals surface area contributed by atoms with Crippen LogP contribution in [0.25, 0.3) is 5.69 Å². The molecule has 0 saturated carbocycles. The third-order valence-electron chi connectivity index (χ3n) is 4.43. The molecular weight excluding hydrogens is 374 g/mol. The predicted molar refractivity (Wildman–Crippen MR) is 108 cm³/mol. The van der Waals surface area contributed by atoms with E-state index in [1.807, 2.05) is 53.5 Å². The number of hydrogen-bond acceptors (Lipinski definition) is 4. The van der Waals surface area contributed by atoms with E-state index in [-0.39, 0.29) is 6.10 Å². The molecule has 4 aromatic rings. The zero-order chi connectivity index (χ0) is 19.2. The van der Waals surface area contributed by atoms with Gasteiger partial charge in [-0.3, -0.25) is 0 Å². The van der Waals surface area contributed by atoms with Gasteiger partial charge in [0.1, 0.15) is 11.9 Å². The lowest BCUT2D eigenvalue weighted by molar-refractivity contribution is 0.170. The summed E-state index contributed by atoms with van der Waals surface area (Å²) >= 11 is 5.98. The first-order valence-electron chi connectivity index (χ1n) is 9.10. The van der Waals surface area contributed by atoms with Crippen LogP contribution in [0, 0.1) is 0 Å².